The van der Waals surface area contributed by atoms with Crippen molar-refractivity contribution >= 4 is 23.2 Å². The van der Waals surface area contributed by atoms with Crippen LogP contribution in [0.2, 0.25) is 0 Å². The molecule has 6 nitrogen and oxygen atoms in total. The zero-order valence-electron chi connectivity index (χ0n) is 10.5. The molecule has 1 aromatic heterocycles. The molecule has 0 fully saturated rings. The lowest BCUT2D eigenvalue weighted by atomic mass is 10.2. The second-order valence-electron chi connectivity index (χ2n) is 3.92. The average Bonchev–Trinajstić information content (AvgIpc) is 2.71. The highest BCUT2D eigenvalue weighted by atomic mass is 32.1. The second-order valence-corrected chi connectivity index (χ2v) is 4.75. The third-order valence-electron chi connectivity index (χ3n) is 2.58. The summed E-state index contributed by atoms with van der Waals surface area (Å²) in [6.45, 7) is 1.99. The molecule has 0 aliphatic rings. The summed E-state index contributed by atoms with van der Waals surface area (Å²) in [6.07, 6.45) is 1.50. The third kappa shape index (κ3) is 3.14. The van der Waals surface area contributed by atoms with Gasteiger partial charge in [0.1, 0.15) is 0 Å². The van der Waals surface area contributed by atoms with Crippen LogP contribution < -0.4 is 4.80 Å². The van der Waals surface area contributed by atoms with Gasteiger partial charge in [-0.05, 0) is 6.92 Å². The van der Waals surface area contributed by atoms with Crippen LogP contribution in [-0.4, -0.2) is 15.7 Å². The standard InChI is InChI=1S/C12H12N4O2S/c1-9-8-19-12(15(9)2)14-13-7-10-4-3-5-11(6-10)16(17)18/h3-8H,1-2H3. The second kappa shape index (κ2) is 5.57. The fraction of sp³-hybridized carbons (Fsp3) is 0.167. The fourth-order valence-corrected chi connectivity index (χ4v) is 2.23. The Morgan fingerprint density at radius 2 is 2.26 bits per heavy atom. The summed E-state index contributed by atoms with van der Waals surface area (Å²) in [7, 11) is 1.91. The van der Waals surface area contributed by atoms with Crippen molar-refractivity contribution < 1.29 is 4.92 Å². The van der Waals surface area contributed by atoms with Crippen LogP contribution in [0.5, 0.6) is 0 Å². The molecule has 0 saturated carbocycles. The Labute approximate surface area is 113 Å². The lowest BCUT2D eigenvalue weighted by molar-refractivity contribution is -0.384. The highest BCUT2D eigenvalue weighted by molar-refractivity contribution is 7.07. The molecule has 0 aliphatic heterocycles. The molecular weight excluding hydrogens is 264 g/mol. The largest absolute Gasteiger partial charge is 0.323 e. The van der Waals surface area contributed by atoms with Crippen LogP contribution in [0.3, 0.4) is 0 Å². The van der Waals surface area contributed by atoms with Crippen molar-refractivity contribution in [3.05, 3.63) is 55.8 Å². The number of aromatic nitrogens is 1. The van der Waals surface area contributed by atoms with Crippen molar-refractivity contribution in [3.63, 3.8) is 0 Å². The van der Waals surface area contributed by atoms with Crippen LogP contribution in [0.25, 0.3) is 0 Å². The Hall–Kier alpha value is -2.28. The van der Waals surface area contributed by atoms with Gasteiger partial charge in [-0.2, -0.15) is 5.10 Å². The van der Waals surface area contributed by atoms with Gasteiger partial charge < -0.3 is 4.57 Å². The van der Waals surface area contributed by atoms with E-state index in [9.17, 15) is 10.1 Å². The average molecular weight is 276 g/mol. The van der Waals surface area contributed by atoms with Crippen molar-refractivity contribution in [2.75, 3.05) is 0 Å². The molecule has 0 bridgehead atoms. The van der Waals surface area contributed by atoms with Crippen molar-refractivity contribution in [3.8, 4) is 0 Å². The molecule has 1 aromatic carbocycles. The molecule has 98 valence electrons. The number of hydrogen-bond acceptors (Lipinski definition) is 5. The van der Waals surface area contributed by atoms with Gasteiger partial charge >= 0.3 is 0 Å². The predicted octanol–water partition coefficient (Wildman–Crippen LogP) is 2.24. The lowest BCUT2D eigenvalue weighted by Crippen LogP contribution is -2.10. The number of aryl methyl sites for hydroxylation is 1. The van der Waals surface area contributed by atoms with Crippen molar-refractivity contribution in [2.24, 2.45) is 17.3 Å². The number of nitro groups is 1. The molecule has 0 N–H and O–H groups in total. The Kier molecular flexibility index (Phi) is 3.86. The monoisotopic (exact) mass is 276 g/mol. The molecule has 0 saturated heterocycles. The number of nitro benzene ring substituents is 1. The molecule has 0 amide bonds. The van der Waals surface area contributed by atoms with E-state index in [4.69, 9.17) is 0 Å². The van der Waals surface area contributed by atoms with Crippen LogP contribution in [-0.2, 0) is 7.05 Å². The zero-order valence-corrected chi connectivity index (χ0v) is 11.3. The predicted molar refractivity (Wildman–Crippen MR) is 74.3 cm³/mol. The number of rotatable bonds is 3. The lowest BCUT2D eigenvalue weighted by Gasteiger charge is -1.93. The van der Waals surface area contributed by atoms with Crippen LogP contribution >= 0.6 is 11.3 Å². The summed E-state index contributed by atoms with van der Waals surface area (Å²) in [6, 6.07) is 6.26. The van der Waals surface area contributed by atoms with Crippen LogP contribution in [0.1, 0.15) is 11.3 Å². The van der Waals surface area contributed by atoms with Gasteiger partial charge in [-0.25, -0.2) is 0 Å². The van der Waals surface area contributed by atoms with E-state index in [0.717, 1.165) is 10.5 Å². The van der Waals surface area contributed by atoms with E-state index >= 15 is 0 Å². The van der Waals surface area contributed by atoms with Crippen molar-refractivity contribution in [1.29, 1.82) is 0 Å². The molecule has 0 spiro atoms. The number of thiazole rings is 1. The van der Waals surface area contributed by atoms with Gasteiger partial charge in [0, 0.05) is 35.8 Å². The van der Waals surface area contributed by atoms with E-state index in [0.29, 0.717) is 5.56 Å². The van der Waals surface area contributed by atoms with E-state index in [2.05, 4.69) is 10.2 Å². The van der Waals surface area contributed by atoms with Crippen molar-refractivity contribution in [1.82, 2.24) is 4.57 Å². The number of non-ortho nitro benzene ring substituents is 1. The molecule has 0 aliphatic carbocycles. The summed E-state index contributed by atoms with van der Waals surface area (Å²) < 4.78 is 1.93. The van der Waals surface area contributed by atoms with Crippen LogP contribution in [0.4, 0.5) is 5.69 Å². The Balaban J connectivity index is 2.24. The number of benzene rings is 1. The highest BCUT2D eigenvalue weighted by Gasteiger charge is 2.03. The zero-order chi connectivity index (χ0) is 13.8. The van der Waals surface area contributed by atoms with Gasteiger partial charge in [-0.3, -0.25) is 10.1 Å². The van der Waals surface area contributed by atoms with E-state index in [-0.39, 0.29) is 5.69 Å². The van der Waals surface area contributed by atoms with E-state index in [1.807, 2.05) is 23.9 Å². The van der Waals surface area contributed by atoms with Crippen LogP contribution in [0, 0.1) is 17.0 Å². The molecule has 0 radical (unpaired) electrons. The minimum atomic E-state index is -0.433. The first kappa shape index (κ1) is 13.2. The van der Waals surface area contributed by atoms with E-state index < -0.39 is 4.92 Å². The van der Waals surface area contributed by atoms with Gasteiger partial charge in [0.25, 0.3) is 5.69 Å². The quantitative estimate of drug-likeness (QED) is 0.490. The normalized spacial score (nSPS) is 12.2. The maximum atomic E-state index is 10.6. The third-order valence-corrected chi connectivity index (χ3v) is 3.61. The molecule has 2 aromatic rings. The summed E-state index contributed by atoms with van der Waals surface area (Å²) in [5.74, 6) is 0. The minimum absolute atomic E-state index is 0.0430. The van der Waals surface area contributed by atoms with Crippen molar-refractivity contribution in [2.45, 2.75) is 6.92 Å². The maximum Gasteiger partial charge on any atom is 0.270 e. The topological polar surface area (TPSA) is 72.8 Å². The van der Waals surface area contributed by atoms with Gasteiger partial charge in [0.05, 0.1) is 11.1 Å². The fourth-order valence-electron chi connectivity index (χ4n) is 1.40. The smallest absolute Gasteiger partial charge is 0.270 e. The van der Waals surface area contributed by atoms with Crippen LogP contribution in [0.15, 0.2) is 39.8 Å². The van der Waals surface area contributed by atoms with Gasteiger partial charge in [-0.1, -0.05) is 12.1 Å². The van der Waals surface area contributed by atoms with E-state index in [1.165, 1.54) is 29.7 Å². The first-order chi connectivity index (χ1) is 9.08. The molecule has 0 unspecified atom stereocenters. The van der Waals surface area contributed by atoms with Gasteiger partial charge in [0.2, 0.25) is 4.80 Å². The molecule has 1 heterocycles. The SMILES string of the molecule is Cc1csc(=NN=Cc2cccc([N+](=O)[O-])c2)n1C. The minimum Gasteiger partial charge on any atom is -0.323 e. The van der Waals surface area contributed by atoms with Gasteiger partial charge in [-0.15, -0.1) is 16.4 Å². The molecular formula is C12H12N4O2S. The Morgan fingerprint density at radius 3 is 2.89 bits per heavy atom. The molecule has 0 atom stereocenters. The molecule has 2 rings (SSSR count). The Morgan fingerprint density at radius 1 is 1.47 bits per heavy atom. The first-order valence-electron chi connectivity index (χ1n) is 5.50. The summed E-state index contributed by atoms with van der Waals surface area (Å²) in [5.41, 5.74) is 1.80. The summed E-state index contributed by atoms with van der Waals surface area (Å²) >= 11 is 1.49. The molecule has 7 heteroatoms. The number of nitrogens with zero attached hydrogens (tertiary/aromatic N) is 4. The first-order valence-corrected chi connectivity index (χ1v) is 6.38. The maximum absolute atomic E-state index is 10.6. The Bertz CT molecular complexity index is 700. The summed E-state index contributed by atoms with van der Waals surface area (Å²) in [5, 5.41) is 20.7. The molecule has 19 heavy (non-hydrogen) atoms. The summed E-state index contributed by atoms with van der Waals surface area (Å²) in [4.78, 5) is 11.0. The van der Waals surface area contributed by atoms with E-state index in [1.54, 1.807) is 12.1 Å². The number of hydrogen-bond donors (Lipinski definition) is 0. The van der Waals surface area contributed by atoms with Gasteiger partial charge in [0.15, 0.2) is 0 Å². The highest BCUT2D eigenvalue weighted by Crippen LogP contribution is 2.11.